The van der Waals surface area contributed by atoms with Gasteiger partial charge in [-0.3, -0.25) is 4.79 Å². The number of anilines is 1. The van der Waals surface area contributed by atoms with Gasteiger partial charge in [0.1, 0.15) is 0 Å². The van der Waals surface area contributed by atoms with E-state index in [-0.39, 0.29) is 5.91 Å². The number of hydrogen-bond acceptors (Lipinski definition) is 3. The van der Waals surface area contributed by atoms with Crippen molar-refractivity contribution in [2.75, 3.05) is 12.4 Å². The molecule has 0 atom stereocenters. The molecule has 0 bridgehead atoms. The van der Waals surface area contributed by atoms with Crippen molar-refractivity contribution >= 4 is 50.5 Å². The van der Waals surface area contributed by atoms with E-state index in [0.717, 1.165) is 10.2 Å². The minimum absolute atomic E-state index is 0.126. The number of benzene rings is 1. The monoisotopic (exact) mass is 372 g/mol. The van der Waals surface area contributed by atoms with Gasteiger partial charge in [-0.2, -0.15) is 0 Å². The molecule has 1 aromatic heterocycles. The van der Waals surface area contributed by atoms with Crippen molar-refractivity contribution < 1.29 is 4.79 Å². The molecule has 0 aliphatic rings. The molecule has 0 spiro atoms. The number of thiophene rings is 1. The van der Waals surface area contributed by atoms with Gasteiger partial charge in [0.25, 0.3) is 5.91 Å². The summed E-state index contributed by atoms with van der Waals surface area (Å²) in [5.41, 5.74) is 1.35. The molecule has 0 aliphatic carbocycles. The molecular formula is C14H14BrClN2OS. The fourth-order valence-corrected chi connectivity index (χ4v) is 3.46. The predicted octanol–water partition coefficient (Wildman–Crippen LogP) is 4.44. The van der Waals surface area contributed by atoms with Gasteiger partial charge >= 0.3 is 0 Å². The van der Waals surface area contributed by atoms with Crippen LogP contribution in [0.4, 0.5) is 5.69 Å². The van der Waals surface area contributed by atoms with Gasteiger partial charge < -0.3 is 10.6 Å². The second-order valence-corrected chi connectivity index (χ2v) is 6.85. The smallest absolute Gasteiger partial charge is 0.251 e. The first kappa shape index (κ1) is 15.4. The van der Waals surface area contributed by atoms with Gasteiger partial charge in [0, 0.05) is 33.4 Å². The minimum Gasteiger partial charge on any atom is -0.379 e. The lowest BCUT2D eigenvalue weighted by Crippen LogP contribution is -2.17. The molecule has 2 rings (SSSR count). The number of halogens is 2. The fourth-order valence-electron chi connectivity index (χ4n) is 1.73. The average Bonchev–Trinajstić information content (AvgIpc) is 2.76. The van der Waals surface area contributed by atoms with Gasteiger partial charge in [-0.15, -0.1) is 11.3 Å². The van der Waals surface area contributed by atoms with Crippen LogP contribution in [0, 0.1) is 6.92 Å². The highest BCUT2D eigenvalue weighted by atomic mass is 79.9. The Balaban J connectivity index is 2.14. The van der Waals surface area contributed by atoms with Crippen molar-refractivity contribution in [2.24, 2.45) is 0 Å². The van der Waals surface area contributed by atoms with Crippen LogP contribution in [-0.4, -0.2) is 13.0 Å². The summed E-state index contributed by atoms with van der Waals surface area (Å²) >= 11 is 11.4. The van der Waals surface area contributed by atoms with Crippen LogP contribution < -0.4 is 10.6 Å². The van der Waals surface area contributed by atoms with Gasteiger partial charge in [0.05, 0.1) is 10.7 Å². The number of rotatable bonds is 4. The Labute approximate surface area is 135 Å². The molecule has 0 radical (unpaired) electrons. The lowest BCUT2D eigenvalue weighted by Gasteiger charge is -2.09. The van der Waals surface area contributed by atoms with E-state index >= 15 is 0 Å². The van der Waals surface area contributed by atoms with Crippen molar-refractivity contribution in [3.8, 4) is 0 Å². The van der Waals surface area contributed by atoms with E-state index < -0.39 is 0 Å². The summed E-state index contributed by atoms with van der Waals surface area (Å²) in [6.07, 6.45) is 0. The molecule has 106 valence electrons. The van der Waals surface area contributed by atoms with Crippen LogP contribution >= 0.6 is 38.9 Å². The summed E-state index contributed by atoms with van der Waals surface area (Å²) in [6, 6.07) is 7.28. The third-order valence-electron chi connectivity index (χ3n) is 2.82. The van der Waals surface area contributed by atoms with Crippen LogP contribution in [-0.2, 0) is 6.54 Å². The number of amides is 1. The van der Waals surface area contributed by atoms with Gasteiger partial charge in [-0.25, -0.2) is 0 Å². The summed E-state index contributed by atoms with van der Waals surface area (Å²) in [7, 11) is 1.61. The van der Waals surface area contributed by atoms with Crippen LogP contribution in [0.5, 0.6) is 0 Å². The van der Waals surface area contributed by atoms with Crippen molar-refractivity contribution in [1.82, 2.24) is 5.32 Å². The van der Waals surface area contributed by atoms with Crippen LogP contribution in [0.15, 0.2) is 28.7 Å². The third-order valence-corrected chi connectivity index (χ3v) is 5.28. The van der Waals surface area contributed by atoms with E-state index in [4.69, 9.17) is 11.6 Å². The van der Waals surface area contributed by atoms with E-state index in [1.165, 1.54) is 9.75 Å². The van der Waals surface area contributed by atoms with E-state index in [1.54, 1.807) is 36.6 Å². The number of nitrogens with one attached hydrogen (secondary N) is 2. The molecule has 0 saturated heterocycles. The zero-order valence-electron chi connectivity index (χ0n) is 11.1. The highest BCUT2D eigenvalue weighted by Crippen LogP contribution is 2.28. The predicted molar refractivity (Wildman–Crippen MR) is 88.9 cm³/mol. The molecule has 2 N–H and O–H groups in total. The van der Waals surface area contributed by atoms with Crippen LogP contribution in [0.2, 0.25) is 5.02 Å². The molecule has 6 heteroatoms. The van der Waals surface area contributed by atoms with Gasteiger partial charge in [-0.05, 0) is 47.1 Å². The summed E-state index contributed by atoms with van der Waals surface area (Å²) in [5.74, 6) is -0.126. The molecule has 0 fully saturated rings. The maximum atomic E-state index is 11.6. The van der Waals surface area contributed by atoms with Gasteiger partial charge in [0.2, 0.25) is 0 Å². The largest absolute Gasteiger partial charge is 0.379 e. The van der Waals surface area contributed by atoms with Crippen LogP contribution in [0.3, 0.4) is 0 Å². The highest BCUT2D eigenvalue weighted by Gasteiger charge is 2.08. The zero-order chi connectivity index (χ0) is 14.7. The van der Waals surface area contributed by atoms with Gasteiger partial charge in [-0.1, -0.05) is 11.6 Å². The second-order valence-electron chi connectivity index (χ2n) is 4.24. The molecular weight excluding hydrogens is 360 g/mol. The van der Waals surface area contributed by atoms with Crippen LogP contribution in [0.1, 0.15) is 20.1 Å². The number of aryl methyl sites for hydroxylation is 1. The first-order valence-corrected chi connectivity index (χ1v) is 8.00. The molecule has 1 aromatic carbocycles. The molecule has 2 aromatic rings. The number of hydrogen-bond donors (Lipinski definition) is 2. The Morgan fingerprint density at radius 3 is 2.75 bits per heavy atom. The lowest BCUT2D eigenvalue weighted by atomic mass is 10.2. The van der Waals surface area contributed by atoms with Gasteiger partial charge in [0.15, 0.2) is 0 Å². The molecule has 20 heavy (non-hydrogen) atoms. The Bertz CT molecular complexity index is 623. The van der Waals surface area contributed by atoms with Crippen LogP contribution in [0.25, 0.3) is 0 Å². The standard InChI is InChI=1S/C14H14BrClN2OS/c1-8-11(15)6-10(20-8)7-18-13-5-9(14(19)17-2)3-4-12(13)16/h3-6,18H,7H2,1-2H3,(H,17,19). The summed E-state index contributed by atoms with van der Waals surface area (Å²) in [6.45, 7) is 2.74. The van der Waals surface area contributed by atoms with E-state index in [9.17, 15) is 4.79 Å². The number of carbonyl (C=O) groups excluding carboxylic acids is 1. The lowest BCUT2D eigenvalue weighted by molar-refractivity contribution is 0.0963. The number of carbonyl (C=O) groups is 1. The van der Waals surface area contributed by atoms with Crippen molar-refractivity contribution in [3.63, 3.8) is 0 Å². The maximum Gasteiger partial charge on any atom is 0.251 e. The average molecular weight is 374 g/mol. The Morgan fingerprint density at radius 1 is 1.40 bits per heavy atom. The summed E-state index contributed by atoms with van der Waals surface area (Å²) in [4.78, 5) is 14.1. The quantitative estimate of drug-likeness (QED) is 0.831. The second kappa shape index (κ2) is 6.61. The van der Waals surface area contributed by atoms with E-state index in [0.29, 0.717) is 17.1 Å². The SMILES string of the molecule is CNC(=O)c1ccc(Cl)c(NCc2cc(Br)c(C)s2)c1. The molecule has 3 nitrogen and oxygen atoms in total. The normalized spacial score (nSPS) is 10.4. The minimum atomic E-state index is -0.126. The zero-order valence-corrected chi connectivity index (χ0v) is 14.2. The van der Waals surface area contributed by atoms with E-state index in [1.807, 2.05) is 0 Å². The first-order valence-electron chi connectivity index (χ1n) is 6.01. The van der Waals surface area contributed by atoms with Crippen molar-refractivity contribution in [2.45, 2.75) is 13.5 Å². The highest BCUT2D eigenvalue weighted by molar-refractivity contribution is 9.10. The van der Waals surface area contributed by atoms with E-state index in [2.05, 4.69) is 39.6 Å². The molecule has 0 aliphatic heterocycles. The third kappa shape index (κ3) is 3.53. The Kier molecular flexibility index (Phi) is 5.07. The van der Waals surface area contributed by atoms with Crippen molar-refractivity contribution in [3.05, 3.63) is 49.1 Å². The van der Waals surface area contributed by atoms with Crippen molar-refractivity contribution in [1.29, 1.82) is 0 Å². The molecule has 0 saturated carbocycles. The Morgan fingerprint density at radius 2 is 2.15 bits per heavy atom. The topological polar surface area (TPSA) is 41.1 Å². The molecule has 1 heterocycles. The Hall–Kier alpha value is -1.04. The summed E-state index contributed by atoms with van der Waals surface area (Å²) in [5, 5.41) is 6.47. The molecule has 1 amide bonds. The molecule has 0 unspecified atom stereocenters. The first-order chi connectivity index (χ1) is 9.51. The maximum absolute atomic E-state index is 11.6. The summed E-state index contributed by atoms with van der Waals surface area (Å²) < 4.78 is 1.12. The fraction of sp³-hybridized carbons (Fsp3) is 0.214.